The molecule has 0 unspecified atom stereocenters. The molecule has 39 heavy (non-hydrogen) atoms. The molecular formula is C27H33FN8O3. The van der Waals surface area contributed by atoms with Gasteiger partial charge in [0.2, 0.25) is 11.6 Å². The summed E-state index contributed by atoms with van der Waals surface area (Å²) in [6, 6.07) is 3.93. The van der Waals surface area contributed by atoms with Crippen molar-refractivity contribution in [2.45, 2.75) is 38.4 Å². The van der Waals surface area contributed by atoms with E-state index < -0.39 is 11.6 Å². The van der Waals surface area contributed by atoms with Crippen LogP contribution in [0.15, 0.2) is 31.1 Å². The standard InChI is InChI=1S/C27H33FN8O3/c1-4-23(38)35-15-27(28,16-35)26(39)34-8-5-21(6-9-34)36-18(3)24(17(2)33-36)19-11-22(31-7-10-37)25(32-14-19)20(12-29)13-30/h4,11-12,14,21,31,37H,1,5-10,15-16,29H2,2-3H3/b20-12-. The number of pyridine rings is 1. The van der Waals surface area contributed by atoms with Gasteiger partial charge in [-0.2, -0.15) is 10.4 Å². The largest absolute Gasteiger partial charge is 0.403 e. The third-order valence-electron chi connectivity index (χ3n) is 7.32. The van der Waals surface area contributed by atoms with E-state index in [9.17, 15) is 20.0 Å². The van der Waals surface area contributed by atoms with Gasteiger partial charge in [0.15, 0.2) is 0 Å². The lowest BCUT2D eigenvalue weighted by atomic mass is 9.92. The predicted molar refractivity (Wildman–Crippen MR) is 144 cm³/mol. The van der Waals surface area contributed by atoms with Crippen LogP contribution in [0.25, 0.3) is 16.7 Å². The van der Waals surface area contributed by atoms with Gasteiger partial charge in [-0.05, 0) is 38.8 Å². The van der Waals surface area contributed by atoms with Crippen molar-refractivity contribution in [3.8, 4) is 17.2 Å². The van der Waals surface area contributed by atoms with E-state index in [-0.39, 0.29) is 43.8 Å². The van der Waals surface area contributed by atoms with Crippen LogP contribution in [-0.4, -0.2) is 86.5 Å². The molecule has 0 radical (unpaired) electrons. The Morgan fingerprint density at radius 2 is 2.03 bits per heavy atom. The lowest BCUT2D eigenvalue weighted by Gasteiger charge is -2.45. The number of allylic oxidation sites excluding steroid dienone is 1. The number of carbonyl (C=O) groups excluding carboxylic acids is 2. The van der Waals surface area contributed by atoms with Gasteiger partial charge in [0.25, 0.3) is 5.91 Å². The number of hydrogen-bond acceptors (Lipinski definition) is 8. The Balaban J connectivity index is 1.50. The van der Waals surface area contributed by atoms with Gasteiger partial charge in [-0.25, -0.2) is 4.39 Å². The molecule has 4 heterocycles. The van der Waals surface area contributed by atoms with Crippen LogP contribution in [0.3, 0.4) is 0 Å². The first-order valence-electron chi connectivity index (χ1n) is 12.8. The molecule has 0 saturated carbocycles. The highest BCUT2D eigenvalue weighted by atomic mass is 19.1. The number of alkyl halides is 1. The number of piperidine rings is 1. The van der Waals surface area contributed by atoms with Gasteiger partial charge in [-0.1, -0.05) is 6.58 Å². The lowest BCUT2D eigenvalue weighted by molar-refractivity contribution is -0.162. The van der Waals surface area contributed by atoms with E-state index in [4.69, 9.17) is 10.8 Å². The fourth-order valence-electron chi connectivity index (χ4n) is 5.32. The smallest absolute Gasteiger partial charge is 0.264 e. The Kier molecular flexibility index (Phi) is 8.01. The number of likely N-dealkylation sites (tertiary alicyclic amines) is 2. The molecule has 2 fully saturated rings. The Hall–Kier alpha value is -4.24. The van der Waals surface area contributed by atoms with Gasteiger partial charge >= 0.3 is 0 Å². The zero-order valence-electron chi connectivity index (χ0n) is 22.2. The number of nitrogens with zero attached hydrogens (tertiary/aromatic N) is 6. The van der Waals surface area contributed by atoms with E-state index in [1.54, 1.807) is 11.1 Å². The first kappa shape index (κ1) is 27.8. The van der Waals surface area contributed by atoms with Gasteiger partial charge in [-0.3, -0.25) is 19.3 Å². The number of halogens is 1. The molecule has 0 aromatic carbocycles. The van der Waals surface area contributed by atoms with Gasteiger partial charge in [0, 0.05) is 48.9 Å². The van der Waals surface area contributed by atoms with Crippen molar-refractivity contribution < 1.29 is 19.1 Å². The number of aromatic nitrogens is 3. The molecular weight excluding hydrogens is 503 g/mol. The van der Waals surface area contributed by atoms with Gasteiger partial charge in [-0.15, -0.1) is 0 Å². The normalized spacial score (nSPS) is 17.4. The minimum absolute atomic E-state index is 0.0295. The fraction of sp³-hybridized carbons (Fsp3) is 0.444. The lowest BCUT2D eigenvalue weighted by Crippen LogP contribution is -2.68. The summed E-state index contributed by atoms with van der Waals surface area (Å²) in [5.74, 6) is -0.946. The molecule has 0 bridgehead atoms. The maximum atomic E-state index is 15.1. The number of anilines is 1. The summed E-state index contributed by atoms with van der Waals surface area (Å²) in [6.45, 7) is 7.77. The maximum absolute atomic E-state index is 15.1. The molecule has 2 saturated heterocycles. The van der Waals surface area contributed by atoms with Crippen molar-refractivity contribution in [1.29, 1.82) is 5.26 Å². The van der Waals surface area contributed by atoms with Crippen molar-refractivity contribution >= 4 is 23.1 Å². The highest BCUT2D eigenvalue weighted by molar-refractivity contribution is 5.93. The highest BCUT2D eigenvalue weighted by Crippen LogP contribution is 2.35. The van der Waals surface area contributed by atoms with Crippen molar-refractivity contribution in [1.82, 2.24) is 24.6 Å². The monoisotopic (exact) mass is 536 g/mol. The first-order chi connectivity index (χ1) is 18.7. The van der Waals surface area contributed by atoms with E-state index >= 15 is 4.39 Å². The Bertz CT molecular complexity index is 1350. The molecule has 4 N–H and O–H groups in total. The Morgan fingerprint density at radius 3 is 2.62 bits per heavy atom. The minimum atomic E-state index is -2.04. The molecule has 12 heteroatoms. The summed E-state index contributed by atoms with van der Waals surface area (Å²) in [4.78, 5) is 31.8. The maximum Gasteiger partial charge on any atom is 0.264 e. The fourth-order valence-corrected chi connectivity index (χ4v) is 5.32. The second kappa shape index (κ2) is 11.2. The number of amides is 2. The van der Waals surface area contributed by atoms with Crippen LogP contribution < -0.4 is 11.1 Å². The van der Waals surface area contributed by atoms with Crippen molar-refractivity contribution in [2.24, 2.45) is 5.73 Å². The van der Waals surface area contributed by atoms with Crippen molar-refractivity contribution in [3.05, 3.63) is 48.2 Å². The van der Waals surface area contributed by atoms with Crippen LogP contribution in [0.5, 0.6) is 0 Å². The van der Waals surface area contributed by atoms with Crippen LogP contribution in [0.1, 0.15) is 36.0 Å². The van der Waals surface area contributed by atoms with E-state index in [0.717, 1.165) is 28.6 Å². The van der Waals surface area contributed by atoms with Crippen LogP contribution >= 0.6 is 0 Å². The van der Waals surface area contributed by atoms with E-state index in [0.29, 0.717) is 37.3 Å². The first-order valence-corrected chi connectivity index (χ1v) is 12.8. The van der Waals surface area contributed by atoms with Crippen LogP contribution in [0.2, 0.25) is 0 Å². The molecule has 2 aromatic rings. The summed E-state index contributed by atoms with van der Waals surface area (Å²) < 4.78 is 17.1. The Labute approximate surface area is 226 Å². The molecule has 0 aliphatic carbocycles. The average Bonchev–Trinajstić information content (AvgIpc) is 3.23. The molecule has 2 aromatic heterocycles. The SMILES string of the molecule is C=CC(=O)N1CC(F)(C(=O)N2CCC(n3nc(C)c(-c4cnc(/C(C#N)=C\N)c(NCCO)c4)c3C)CC2)C1. The second-order valence-electron chi connectivity index (χ2n) is 9.84. The van der Waals surface area contributed by atoms with Crippen molar-refractivity contribution in [2.75, 3.05) is 44.6 Å². The van der Waals surface area contributed by atoms with Gasteiger partial charge in [0.1, 0.15) is 11.8 Å². The summed E-state index contributed by atoms with van der Waals surface area (Å²) in [6.07, 6.45) is 5.22. The van der Waals surface area contributed by atoms with Crippen LogP contribution in [0, 0.1) is 25.2 Å². The van der Waals surface area contributed by atoms with Gasteiger partial charge < -0.3 is 26.0 Å². The van der Waals surface area contributed by atoms with E-state index in [2.05, 4.69) is 16.9 Å². The van der Waals surface area contributed by atoms with Crippen LogP contribution in [0.4, 0.5) is 10.1 Å². The summed E-state index contributed by atoms with van der Waals surface area (Å²) >= 11 is 0. The van der Waals surface area contributed by atoms with Gasteiger partial charge in [0.05, 0.1) is 42.7 Å². The Morgan fingerprint density at radius 1 is 1.33 bits per heavy atom. The number of nitrogens with two attached hydrogens (primary N) is 1. The zero-order valence-corrected chi connectivity index (χ0v) is 22.2. The number of aliphatic hydroxyl groups excluding tert-OH is 1. The molecule has 4 rings (SSSR count). The number of hydrogen-bond donors (Lipinski definition) is 3. The number of nitriles is 1. The molecule has 0 atom stereocenters. The van der Waals surface area contributed by atoms with Crippen molar-refractivity contribution in [3.63, 3.8) is 0 Å². The minimum Gasteiger partial charge on any atom is -0.403 e. The number of aliphatic hydroxyl groups is 1. The van der Waals surface area contributed by atoms with E-state index in [1.807, 2.05) is 30.7 Å². The van der Waals surface area contributed by atoms with E-state index in [1.165, 1.54) is 11.1 Å². The summed E-state index contributed by atoms with van der Waals surface area (Å²) in [5.41, 5.74) is 8.17. The molecule has 0 spiro atoms. The topological polar surface area (TPSA) is 153 Å². The second-order valence-corrected chi connectivity index (χ2v) is 9.84. The number of carbonyl (C=O) groups is 2. The number of nitrogens with one attached hydrogen (secondary N) is 1. The zero-order chi connectivity index (χ0) is 28.3. The predicted octanol–water partition coefficient (Wildman–Crippen LogP) is 1.69. The average molecular weight is 537 g/mol. The highest BCUT2D eigenvalue weighted by Gasteiger charge is 2.53. The molecule has 2 amide bonds. The third kappa shape index (κ3) is 5.22. The molecule has 2 aliphatic heterocycles. The quantitative estimate of drug-likeness (QED) is 0.340. The van der Waals surface area contributed by atoms with Crippen LogP contribution in [-0.2, 0) is 9.59 Å². The third-order valence-corrected chi connectivity index (χ3v) is 7.32. The number of rotatable bonds is 8. The summed E-state index contributed by atoms with van der Waals surface area (Å²) in [7, 11) is 0. The molecule has 206 valence electrons. The molecule has 11 nitrogen and oxygen atoms in total. The summed E-state index contributed by atoms with van der Waals surface area (Å²) in [5, 5.41) is 26.6. The number of aryl methyl sites for hydroxylation is 1. The molecule has 2 aliphatic rings.